The highest BCUT2D eigenvalue weighted by atomic mass is 35.5. The molecule has 0 bridgehead atoms. The lowest BCUT2D eigenvalue weighted by Crippen LogP contribution is -2.23. The number of benzene rings is 2. The van der Waals surface area contributed by atoms with Crippen molar-refractivity contribution < 1.29 is 31.1 Å². The molecule has 1 saturated heterocycles. The van der Waals surface area contributed by atoms with Crippen molar-refractivity contribution in [2.24, 2.45) is 0 Å². The zero-order chi connectivity index (χ0) is 25.4. The van der Waals surface area contributed by atoms with Crippen LogP contribution in [-0.4, -0.2) is 46.7 Å². The Labute approximate surface area is 210 Å². The second kappa shape index (κ2) is 9.88. The van der Waals surface area contributed by atoms with Gasteiger partial charge in [-0.2, -0.15) is 13.2 Å². The number of nitrogens with one attached hydrogen (secondary N) is 1. The summed E-state index contributed by atoms with van der Waals surface area (Å²) in [5.74, 6) is 0.104. The van der Waals surface area contributed by atoms with Crippen LogP contribution >= 0.6 is 22.9 Å². The van der Waals surface area contributed by atoms with Gasteiger partial charge in [-0.3, -0.25) is 4.72 Å². The normalized spacial score (nSPS) is 16.9. The van der Waals surface area contributed by atoms with E-state index in [1.54, 1.807) is 24.3 Å². The number of hydrogen-bond acceptors (Lipinski definition) is 6. The van der Waals surface area contributed by atoms with Crippen LogP contribution in [-0.2, 0) is 16.2 Å². The number of thiophene rings is 1. The minimum atomic E-state index is -4.65. The third kappa shape index (κ3) is 5.69. The van der Waals surface area contributed by atoms with Crippen molar-refractivity contribution in [2.45, 2.75) is 22.9 Å². The van der Waals surface area contributed by atoms with Crippen LogP contribution in [0.1, 0.15) is 12.0 Å². The quantitative estimate of drug-likeness (QED) is 0.395. The number of methoxy groups -OCH3 is 1. The molecule has 3 aromatic rings. The molecule has 1 fully saturated rings. The highest BCUT2D eigenvalue weighted by Crippen LogP contribution is 2.43. The maximum atomic E-state index is 13.6. The number of likely N-dealkylation sites (tertiary alicyclic amines) is 1. The summed E-state index contributed by atoms with van der Waals surface area (Å²) in [6.07, 6.45) is -4.50. The predicted molar refractivity (Wildman–Crippen MR) is 130 cm³/mol. The van der Waals surface area contributed by atoms with Crippen LogP contribution in [0.5, 0.6) is 11.5 Å². The molecule has 35 heavy (non-hydrogen) atoms. The Kier molecular flexibility index (Phi) is 7.23. The Morgan fingerprint density at radius 3 is 2.54 bits per heavy atom. The van der Waals surface area contributed by atoms with E-state index in [2.05, 4.69) is 4.72 Å². The molecule has 4 rings (SSSR count). The standard InChI is InChI=1S/C23H22ClF3N2O4S2/c1-29-10-9-15(13-29)33-20-11-14(7-8-17(20)23(25,26)27)28-35(30,31)21-12-18(24)22(34-21)16-5-3-4-6-19(16)32-2/h3-8,11-12,15,28H,9-10,13H2,1-2H3. The maximum Gasteiger partial charge on any atom is 0.419 e. The fourth-order valence-corrected chi connectivity index (χ4v) is 6.68. The van der Waals surface area contributed by atoms with Crippen molar-refractivity contribution >= 4 is 38.6 Å². The number of alkyl halides is 3. The topological polar surface area (TPSA) is 67.9 Å². The third-order valence-corrected chi connectivity index (χ3v) is 8.89. The second-order valence-electron chi connectivity index (χ2n) is 8.05. The smallest absolute Gasteiger partial charge is 0.419 e. The Bertz CT molecular complexity index is 1330. The minimum absolute atomic E-state index is 0.0530. The maximum absolute atomic E-state index is 13.6. The van der Waals surface area contributed by atoms with Gasteiger partial charge < -0.3 is 14.4 Å². The van der Waals surface area contributed by atoms with Crippen LogP contribution in [0.3, 0.4) is 0 Å². The fraction of sp³-hybridized carbons (Fsp3) is 0.304. The van der Waals surface area contributed by atoms with Gasteiger partial charge in [-0.25, -0.2) is 8.42 Å². The molecular formula is C23H22ClF3N2O4S2. The minimum Gasteiger partial charge on any atom is -0.496 e. The van der Waals surface area contributed by atoms with Gasteiger partial charge in [0.2, 0.25) is 0 Å². The monoisotopic (exact) mass is 546 g/mol. The van der Waals surface area contributed by atoms with E-state index in [-0.39, 0.29) is 14.9 Å². The first-order valence-electron chi connectivity index (χ1n) is 10.5. The number of hydrogen-bond donors (Lipinski definition) is 1. The highest BCUT2D eigenvalue weighted by molar-refractivity contribution is 7.94. The Morgan fingerprint density at radius 2 is 1.89 bits per heavy atom. The molecule has 0 saturated carbocycles. The Hall–Kier alpha value is -2.47. The lowest BCUT2D eigenvalue weighted by Gasteiger charge is -2.19. The number of para-hydroxylation sites is 1. The summed E-state index contributed by atoms with van der Waals surface area (Å²) >= 11 is 7.26. The largest absolute Gasteiger partial charge is 0.496 e. The first kappa shape index (κ1) is 25.6. The SMILES string of the molecule is COc1ccccc1-c1sc(S(=O)(=O)Nc2ccc(C(F)(F)F)c(OC3CCN(C)C3)c2)cc1Cl. The van der Waals surface area contributed by atoms with Gasteiger partial charge in [-0.1, -0.05) is 23.7 Å². The molecule has 0 spiro atoms. The summed E-state index contributed by atoms with van der Waals surface area (Å²) in [5.41, 5.74) is -0.395. The van der Waals surface area contributed by atoms with E-state index >= 15 is 0 Å². The van der Waals surface area contributed by atoms with Crippen molar-refractivity contribution in [2.75, 3.05) is 32.0 Å². The van der Waals surface area contributed by atoms with Crippen molar-refractivity contribution in [3.8, 4) is 21.9 Å². The van der Waals surface area contributed by atoms with E-state index in [1.807, 2.05) is 11.9 Å². The predicted octanol–water partition coefficient (Wildman–Crippen LogP) is 5.98. The summed E-state index contributed by atoms with van der Waals surface area (Å²) in [4.78, 5) is 2.44. The molecule has 12 heteroatoms. The van der Waals surface area contributed by atoms with Crippen molar-refractivity contribution in [1.29, 1.82) is 0 Å². The molecule has 2 aromatic carbocycles. The van der Waals surface area contributed by atoms with Crippen molar-refractivity contribution in [3.63, 3.8) is 0 Å². The summed E-state index contributed by atoms with van der Waals surface area (Å²) in [5, 5.41) is 0.210. The molecule has 1 aromatic heterocycles. The number of halogens is 4. The highest BCUT2D eigenvalue weighted by Gasteiger charge is 2.36. The molecule has 0 aliphatic carbocycles. The lowest BCUT2D eigenvalue weighted by molar-refractivity contribution is -0.139. The van der Waals surface area contributed by atoms with Crippen molar-refractivity contribution in [1.82, 2.24) is 4.90 Å². The molecule has 1 unspecified atom stereocenters. The van der Waals surface area contributed by atoms with E-state index in [0.29, 0.717) is 35.7 Å². The zero-order valence-electron chi connectivity index (χ0n) is 18.7. The zero-order valence-corrected chi connectivity index (χ0v) is 21.1. The van der Waals surface area contributed by atoms with Gasteiger partial charge >= 0.3 is 6.18 Å². The number of nitrogens with zero attached hydrogens (tertiary/aromatic N) is 1. The van der Waals surface area contributed by atoms with E-state index < -0.39 is 33.6 Å². The van der Waals surface area contributed by atoms with Crippen LogP contribution in [0.25, 0.3) is 10.4 Å². The number of rotatable bonds is 7. The number of ether oxygens (including phenoxy) is 2. The van der Waals surface area contributed by atoms with Gasteiger partial charge in [0, 0.05) is 24.7 Å². The molecule has 188 valence electrons. The van der Waals surface area contributed by atoms with E-state index in [1.165, 1.54) is 13.2 Å². The summed E-state index contributed by atoms with van der Waals surface area (Å²) < 4.78 is 80.0. The molecule has 2 heterocycles. The first-order valence-corrected chi connectivity index (χ1v) is 13.2. The van der Waals surface area contributed by atoms with Crippen LogP contribution in [0.2, 0.25) is 5.02 Å². The molecule has 1 aliphatic rings. The Morgan fingerprint density at radius 1 is 1.14 bits per heavy atom. The average Bonchev–Trinajstić information content (AvgIpc) is 3.38. The first-order chi connectivity index (χ1) is 16.5. The van der Waals surface area contributed by atoms with Crippen LogP contribution in [0.4, 0.5) is 18.9 Å². The Balaban J connectivity index is 1.64. The lowest BCUT2D eigenvalue weighted by atomic mass is 10.1. The van der Waals surface area contributed by atoms with Crippen LogP contribution < -0.4 is 14.2 Å². The van der Waals surface area contributed by atoms with Gasteiger partial charge in [0.05, 0.1) is 28.3 Å². The van der Waals surface area contributed by atoms with Gasteiger partial charge in [-0.05, 0) is 43.8 Å². The number of likely N-dealkylation sites (N-methyl/N-ethyl adjacent to an activating group) is 1. The van der Waals surface area contributed by atoms with E-state index in [0.717, 1.165) is 29.5 Å². The van der Waals surface area contributed by atoms with E-state index in [4.69, 9.17) is 21.1 Å². The molecule has 1 atom stereocenters. The third-order valence-electron chi connectivity index (χ3n) is 5.46. The van der Waals surface area contributed by atoms with E-state index in [9.17, 15) is 21.6 Å². The molecule has 1 N–H and O–H groups in total. The number of anilines is 1. The van der Waals surface area contributed by atoms with Gasteiger partial charge in [0.25, 0.3) is 10.0 Å². The fourth-order valence-electron chi connectivity index (χ4n) is 3.79. The second-order valence-corrected chi connectivity index (χ2v) is 11.4. The molecule has 0 amide bonds. The molecule has 1 aliphatic heterocycles. The summed E-state index contributed by atoms with van der Waals surface area (Å²) in [6, 6.07) is 11.3. The molecule has 0 radical (unpaired) electrons. The number of sulfonamides is 1. The van der Waals surface area contributed by atoms with Gasteiger partial charge in [-0.15, -0.1) is 11.3 Å². The van der Waals surface area contributed by atoms with Crippen LogP contribution in [0.15, 0.2) is 52.7 Å². The summed E-state index contributed by atoms with van der Waals surface area (Å²) in [7, 11) is -0.801. The average molecular weight is 547 g/mol. The molecule has 6 nitrogen and oxygen atoms in total. The van der Waals surface area contributed by atoms with Crippen molar-refractivity contribution in [3.05, 3.63) is 59.1 Å². The van der Waals surface area contributed by atoms with Gasteiger partial charge in [0.15, 0.2) is 0 Å². The summed E-state index contributed by atoms with van der Waals surface area (Å²) in [6.45, 7) is 1.18. The molecular weight excluding hydrogens is 525 g/mol. The van der Waals surface area contributed by atoms with Gasteiger partial charge in [0.1, 0.15) is 21.8 Å². The van der Waals surface area contributed by atoms with Crippen LogP contribution in [0, 0.1) is 0 Å².